The molecule has 0 fully saturated rings. The van der Waals surface area contributed by atoms with Crippen molar-refractivity contribution in [1.29, 1.82) is 0 Å². The van der Waals surface area contributed by atoms with Crippen LogP contribution < -0.4 is 9.88 Å². The van der Waals surface area contributed by atoms with Gasteiger partial charge in [0.25, 0.3) is 0 Å². The van der Waals surface area contributed by atoms with Crippen molar-refractivity contribution in [2.24, 2.45) is 5.14 Å². The number of rotatable bonds is 4. The van der Waals surface area contributed by atoms with Gasteiger partial charge in [0.15, 0.2) is 0 Å². The molecule has 0 aliphatic heterocycles. The molecule has 2 heterocycles. The maximum Gasteiger partial charge on any atom is 0.238 e. The van der Waals surface area contributed by atoms with E-state index in [1.165, 1.54) is 12.1 Å². The Morgan fingerprint density at radius 3 is 2.54 bits per heavy atom. The number of sulfonamides is 1. The van der Waals surface area contributed by atoms with Gasteiger partial charge in [-0.25, -0.2) is 18.5 Å². The molecule has 132 valence electrons. The monoisotopic (exact) mass is 367 g/mol. The summed E-state index contributed by atoms with van der Waals surface area (Å²) in [5, 5.41) is 7.32. The van der Waals surface area contributed by atoms with Crippen LogP contribution in [0.4, 0.5) is 0 Å². The highest BCUT2D eigenvalue weighted by atomic mass is 32.2. The van der Waals surface area contributed by atoms with Crippen LogP contribution in [-0.4, -0.2) is 25.1 Å². The van der Waals surface area contributed by atoms with Gasteiger partial charge in [0, 0.05) is 29.6 Å². The largest absolute Gasteiger partial charge is 0.497 e. The average Bonchev–Trinajstić information content (AvgIpc) is 2.95. The normalized spacial score (nSPS) is 11.9. The van der Waals surface area contributed by atoms with Crippen molar-refractivity contribution in [3.8, 4) is 5.75 Å². The van der Waals surface area contributed by atoms with Crippen LogP contribution in [0.2, 0.25) is 0 Å². The molecule has 2 aromatic carbocycles. The Morgan fingerprint density at radius 2 is 1.85 bits per heavy atom. The molecule has 0 saturated heterocycles. The van der Waals surface area contributed by atoms with Crippen LogP contribution in [0, 0.1) is 0 Å². The van der Waals surface area contributed by atoms with E-state index < -0.39 is 10.0 Å². The molecule has 0 aliphatic rings. The number of nitrogens with two attached hydrogens (primary N) is 1. The van der Waals surface area contributed by atoms with Crippen LogP contribution in [-0.2, 0) is 16.6 Å². The second-order valence-corrected chi connectivity index (χ2v) is 7.59. The van der Waals surface area contributed by atoms with E-state index in [1.807, 2.05) is 30.3 Å². The van der Waals surface area contributed by atoms with E-state index in [0.29, 0.717) is 6.54 Å². The molecule has 26 heavy (non-hydrogen) atoms. The van der Waals surface area contributed by atoms with E-state index in [0.717, 1.165) is 33.2 Å². The van der Waals surface area contributed by atoms with Gasteiger partial charge in [-0.15, -0.1) is 0 Å². The van der Waals surface area contributed by atoms with Gasteiger partial charge in [-0.05, 0) is 42.0 Å². The van der Waals surface area contributed by atoms with Crippen LogP contribution >= 0.6 is 0 Å². The third kappa shape index (κ3) is 2.81. The van der Waals surface area contributed by atoms with Crippen molar-refractivity contribution in [3.05, 3.63) is 66.4 Å². The molecule has 0 amide bonds. The molecule has 2 N–H and O–H groups in total. The highest BCUT2D eigenvalue weighted by Crippen LogP contribution is 2.31. The first-order valence-electron chi connectivity index (χ1n) is 8.00. The number of hydrogen-bond donors (Lipinski definition) is 1. The van der Waals surface area contributed by atoms with Crippen molar-refractivity contribution >= 4 is 32.0 Å². The predicted molar refractivity (Wildman–Crippen MR) is 101 cm³/mol. The molecule has 0 atom stereocenters. The van der Waals surface area contributed by atoms with E-state index >= 15 is 0 Å². The summed E-state index contributed by atoms with van der Waals surface area (Å²) < 4.78 is 30.3. The molecule has 0 radical (unpaired) electrons. The van der Waals surface area contributed by atoms with Crippen molar-refractivity contribution in [2.75, 3.05) is 7.11 Å². The third-order valence-corrected chi connectivity index (χ3v) is 5.35. The van der Waals surface area contributed by atoms with Gasteiger partial charge >= 0.3 is 0 Å². The molecular formula is C19H17N3O3S. The molecular weight excluding hydrogens is 350 g/mol. The minimum atomic E-state index is -3.70. The number of hydrogen-bond acceptors (Lipinski definition) is 4. The Balaban J connectivity index is 1.86. The van der Waals surface area contributed by atoms with Crippen molar-refractivity contribution in [1.82, 2.24) is 9.55 Å². The lowest BCUT2D eigenvalue weighted by Crippen LogP contribution is -2.12. The SMILES string of the molecule is COc1ccc2c3cccnc3n(Cc3ccc(S(N)(=O)=O)cc3)c2c1. The minimum Gasteiger partial charge on any atom is -0.497 e. The van der Waals surface area contributed by atoms with Gasteiger partial charge < -0.3 is 9.30 Å². The summed E-state index contributed by atoms with van der Waals surface area (Å²) in [5.74, 6) is 0.770. The lowest BCUT2D eigenvalue weighted by Gasteiger charge is -2.08. The quantitative estimate of drug-likeness (QED) is 0.601. The number of fused-ring (bicyclic) bond motifs is 3. The minimum absolute atomic E-state index is 0.100. The number of benzene rings is 2. The van der Waals surface area contributed by atoms with E-state index in [1.54, 1.807) is 25.4 Å². The molecule has 6 nitrogen and oxygen atoms in total. The van der Waals surface area contributed by atoms with Crippen molar-refractivity contribution in [3.63, 3.8) is 0 Å². The molecule has 0 bridgehead atoms. The van der Waals surface area contributed by atoms with Crippen molar-refractivity contribution < 1.29 is 13.2 Å². The topological polar surface area (TPSA) is 87.2 Å². The summed E-state index contributed by atoms with van der Waals surface area (Å²) in [6.45, 7) is 0.551. The highest BCUT2D eigenvalue weighted by Gasteiger charge is 2.13. The summed E-state index contributed by atoms with van der Waals surface area (Å²) >= 11 is 0. The lowest BCUT2D eigenvalue weighted by atomic mass is 10.2. The Labute approximate surface area is 150 Å². The highest BCUT2D eigenvalue weighted by molar-refractivity contribution is 7.89. The number of methoxy groups -OCH3 is 1. The standard InChI is InChI=1S/C19H17N3O3S/c1-25-14-6-9-16-17-3-2-10-21-19(17)22(18(16)11-14)12-13-4-7-15(8-5-13)26(20,23)24/h2-11H,12H2,1H3,(H2,20,23,24). The van der Waals surface area contributed by atoms with E-state index in [-0.39, 0.29) is 4.90 Å². The number of nitrogens with zero attached hydrogens (tertiary/aromatic N) is 2. The maximum absolute atomic E-state index is 11.4. The molecule has 7 heteroatoms. The lowest BCUT2D eigenvalue weighted by molar-refractivity contribution is 0.415. The second-order valence-electron chi connectivity index (χ2n) is 6.03. The van der Waals surface area contributed by atoms with Crippen LogP contribution in [0.25, 0.3) is 21.9 Å². The maximum atomic E-state index is 11.4. The van der Waals surface area contributed by atoms with Crippen molar-refractivity contribution in [2.45, 2.75) is 11.4 Å². The Morgan fingerprint density at radius 1 is 1.08 bits per heavy atom. The first-order valence-corrected chi connectivity index (χ1v) is 9.55. The molecule has 0 saturated carbocycles. The smallest absolute Gasteiger partial charge is 0.238 e. The summed E-state index contributed by atoms with van der Waals surface area (Å²) in [5.41, 5.74) is 2.82. The first-order chi connectivity index (χ1) is 12.5. The Bertz CT molecular complexity index is 1210. The van der Waals surface area contributed by atoms with Gasteiger partial charge in [-0.3, -0.25) is 0 Å². The van der Waals surface area contributed by atoms with Gasteiger partial charge in [0.1, 0.15) is 11.4 Å². The van der Waals surface area contributed by atoms with Crippen LogP contribution in [0.3, 0.4) is 0 Å². The van der Waals surface area contributed by atoms with Crippen LogP contribution in [0.1, 0.15) is 5.56 Å². The van der Waals surface area contributed by atoms with E-state index in [9.17, 15) is 8.42 Å². The zero-order valence-electron chi connectivity index (χ0n) is 14.1. The number of pyridine rings is 1. The first kappa shape index (κ1) is 16.6. The second kappa shape index (κ2) is 6.12. The third-order valence-electron chi connectivity index (χ3n) is 4.42. The van der Waals surface area contributed by atoms with Gasteiger partial charge in [0.2, 0.25) is 10.0 Å². The molecule has 4 aromatic rings. The molecule has 0 spiro atoms. The molecule has 0 unspecified atom stereocenters. The number of aromatic nitrogens is 2. The summed E-state index contributed by atoms with van der Waals surface area (Å²) in [4.78, 5) is 4.63. The zero-order valence-corrected chi connectivity index (χ0v) is 14.9. The fourth-order valence-electron chi connectivity index (χ4n) is 3.15. The Hall–Kier alpha value is -2.90. The predicted octanol–water partition coefficient (Wildman–Crippen LogP) is 2.89. The fraction of sp³-hybridized carbons (Fsp3) is 0.105. The van der Waals surface area contributed by atoms with Crippen LogP contribution in [0.5, 0.6) is 5.75 Å². The summed E-state index contributed by atoms with van der Waals surface area (Å²) in [6, 6.07) is 16.5. The van der Waals surface area contributed by atoms with Gasteiger partial charge in [-0.1, -0.05) is 12.1 Å². The number of ether oxygens (including phenoxy) is 1. The fourth-order valence-corrected chi connectivity index (χ4v) is 3.67. The average molecular weight is 367 g/mol. The molecule has 4 rings (SSSR count). The van der Waals surface area contributed by atoms with Gasteiger partial charge in [-0.2, -0.15) is 0 Å². The summed E-state index contributed by atoms with van der Waals surface area (Å²) in [7, 11) is -2.06. The molecule has 0 aliphatic carbocycles. The van der Waals surface area contributed by atoms with Gasteiger partial charge in [0.05, 0.1) is 17.5 Å². The van der Waals surface area contributed by atoms with E-state index in [2.05, 4.69) is 9.55 Å². The molecule has 2 aromatic heterocycles. The Kier molecular flexibility index (Phi) is 3.90. The van der Waals surface area contributed by atoms with E-state index in [4.69, 9.17) is 9.88 Å². The number of primary sulfonamides is 1. The summed E-state index contributed by atoms with van der Waals surface area (Å²) in [6.07, 6.45) is 1.76. The van der Waals surface area contributed by atoms with Crippen LogP contribution in [0.15, 0.2) is 65.7 Å². The zero-order chi connectivity index (χ0) is 18.3.